The Morgan fingerprint density at radius 2 is 1.83 bits per heavy atom. The van der Waals surface area contributed by atoms with Gasteiger partial charge in [-0.3, -0.25) is 0 Å². The zero-order chi connectivity index (χ0) is 21.8. The molecule has 3 aliphatic carbocycles. The van der Waals surface area contributed by atoms with Gasteiger partial charge >= 0.3 is 0 Å². The standard InChI is InChI=1S/C29H48O/c1-7-9-10-12-20(4)23-15-16-24-27(18-23)25(11-8-2)29(30)28(24)22(6)26-17-19(3)13-14-21(26)5/h15,19,21,24-30H,4,6-14,16-18H2,1-3,5H3/t19-,21?,24+,25?,26?,27-,28?,29?/m1/s1. The summed E-state index contributed by atoms with van der Waals surface area (Å²) < 4.78 is 0. The fourth-order valence-corrected chi connectivity index (χ4v) is 7.14. The number of allylic oxidation sites excluding steroid dienone is 3. The number of aliphatic hydroxyl groups excluding tert-OH is 1. The Morgan fingerprint density at radius 3 is 2.53 bits per heavy atom. The van der Waals surface area contributed by atoms with Crippen LogP contribution in [0.5, 0.6) is 0 Å². The van der Waals surface area contributed by atoms with Crippen molar-refractivity contribution in [3.63, 3.8) is 0 Å². The third kappa shape index (κ3) is 4.98. The molecule has 0 saturated heterocycles. The molecule has 1 nitrogen and oxygen atoms in total. The Bertz CT molecular complexity index is 628. The molecule has 0 aromatic carbocycles. The third-order valence-corrected chi connectivity index (χ3v) is 8.98. The van der Waals surface area contributed by atoms with Crippen LogP contribution in [-0.2, 0) is 0 Å². The van der Waals surface area contributed by atoms with Crippen LogP contribution in [0.3, 0.4) is 0 Å². The van der Waals surface area contributed by atoms with Gasteiger partial charge in [-0.25, -0.2) is 0 Å². The van der Waals surface area contributed by atoms with Crippen molar-refractivity contribution in [2.45, 2.75) is 104 Å². The summed E-state index contributed by atoms with van der Waals surface area (Å²) in [6.45, 7) is 18.5. The molecule has 3 rings (SSSR count). The lowest BCUT2D eigenvalue weighted by Gasteiger charge is -2.39. The highest BCUT2D eigenvalue weighted by atomic mass is 16.3. The molecule has 1 N–H and O–H groups in total. The quantitative estimate of drug-likeness (QED) is 0.299. The van der Waals surface area contributed by atoms with E-state index in [4.69, 9.17) is 0 Å². The van der Waals surface area contributed by atoms with E-state index in [0.29, 0.717) is 29.6 Å². The monoisotopic (exact) mass is 412 g/mol. The van der Waals surface area contributed by atoms with Gasteiger partial charge in [0.1, 0.15) is 0 Å². The lowest BCUT2D eigenvalue weighted by Crippen LogP contribution is -2.32. The second kappa shape index (κ2) is 10.7. The highest BCUT2D eigenvalue weighted by Gasteiger charge is 2.52. The predicted octanol–water partition coefficient (Wildman–Crippen LogP) is 8.11. The summed E-state index contributed by atoms with van der Waals surface area (Å²) in [5.41, 5.74) is 4.27. The summed E-state index contributed by atoms with van der Waals surface area (Å²) in [6, 6.07) is 0. The summed E-state index contributed by atoms with van der Waals surface area (Å²) in [7, 11) is 0. The van der Waals surface area contributed by atoms with Crippen molar-refractivity contribution in [1.29, 1.82) is 0 Å². The molecule has 170 valence electrons. The van der Waals surface area contributed by atoms with Crippen LogP contribution in [0.15, 0.2) is 36.0 Å². The van der Waals surface area contributed by atoms with Crippen LogP contribution in [0.4, 0.5) is 0 Å². The van der Waals surface area contributed by atoms with Crippen LogP contribution in [0, 0.1) is 41.4 Å². The molecule has 1 heteroatoms. The largest absolute Gasteiger partial charge is 0.392 e. The average molecular weight is 413 g/mol. The summed E-state index contributed by atoms with van der Waals surface area (Å²) >= 11 is 0. The summed E-state index contributed by atoms with van der Waals surface area (Å²) in [5, 5.41) is 11.6. The van der Waals surface area contributed by atoms with E-state index in [0.717, 1.165) is 43.9 Å². The van der Waals surface area contributed by atoms with Gasteiger partial charge < -0.3 is 5.11 Å². The molecular weight excluding hydrogens is 364 g/mol. The smallest absolute Gasteiger partial charge is 0.0639 e. The van der Waals surface area contributed by atoms with Crippen molar-refractivity contribution in [2.24, 2.45) is 41.4 Å². The first-order valence-electron chi connectivity index (χ1n) is 13.1. The van der Waals surface area contributed by atoms with E-state index in [1.165, 1.54) is 55.2 Å². The second-order valence-corrected chi connectivity index (χ2v) is 11.1. The molecule has 0 bridgehead atoms. The average Bonchev–Trinajstić information content (AvgIpc) is 3.00. The number of hydrogen-bond donors (Lipinski definition) is 1. The highest BCUT2D eigenvalue weighted by molar-refractivity contribution is 5.33. The van der Waals surface area contributed by atoms with Gasteiger partial charge in [-0.05, 0) is 86.0 Å². The van der Waals surface area contributed by atoms with Crippen molar-refractivity contribution in [2.75, 3.05) is 0 Å². The Labute approximate surface area is 187 Å². The molecule has 0 amide bonds. The number of fused-ring (bicyclic) bond motifs is 1. The van der Waals surface area contributed by atoms with Crippen molar-refractivity contribution in [3.05, 3.63) is 36.0 Å². The van der Waals surface area contributed by atoms with Gasteiger partial charge in [-0.2, -0.15) is 0 Å². The number of rotatable bonds is 9. The van der Waals surface area contributed by atoms with E-state index in [1.54, 1.807) is 0 Å². The first kappa shape index (κ1) is 23.8. The van der Waals surface area contributed by atoms with Crippen molar-refractivity contribution in [1.82, 2.24) is 0 Å². The lowest BCUT2D eigenvalue weighted by atomic mass is 9.66. The first-order chi connectivity index (χ1) is 14.4. The molecule has 3 aliphatic rings. The molecule has 0 aromatic heterocycles. The topological polar surface area (TPSA) is 20.2 Å². The fraction of sp³-hybridized carbons (Fsp3) is 0.793. The zero-order valence-electron chi connectivity index (χ0n) is 20.3. The molecule has 30 heavy (non-hydrogen) atoms. The minimum Gasteiger partial charge on any atom is -0.392 e. The van der Waals surface area contributed by atoms with E-state index in [-0.39, 0.29) is 6.10 Å². The lowest BCUT2D eigenvalue weighted by molar-refractivity contribution is 0.0790. The molecule has 0 radical (unpaired) electrons. The molecule has 8 atom stereocenters. The summed E-state index contributed by atoms with van der Waals surface area (Å²) in [4.78, 5) is 0. The zero-order valence-corrected chi connectivity index (χ0v) is 20.3. The SMILES string of the molecule is C=C(CCCCC)C1=CC[C@@H]2C(C(=C)C3C[C@H](C)CCC3C)C(O)C(CCC)[C@@H]2C1. The molecule has 2 saturated carbocycles. The van der Waals surface area contributed by atoms with Gasteiger partial charge in [0, 0.05) is 5.92 Å². The van der Waals surface area contributed by atoms with Crippen LogP contribution in [0.2, 0.25) is 0 Å². The highest BCUT2D eigenvalue weighted by Crippen LogP contribution is 2.56. The van der Waals surface area contributed by atoms with E-state index in [9.17, 15) is 5.11 Å². The molecule has 0 aromatic rings. The predicted molar refractivity (Wildman–Crippen MR) is 130 cm³/mol. The van der Waals surface area contributed by atoms with Gasteiger partial charge in [0.25, 0.3) is 0 Å². The Kier molecular flexibility index (Phi) is 8.47. The normalized spacial score (nSPS) is 38.8. The van der Waals surface area contributed by atoms with Crippen LogP contribution in [0.25, 0.3) is 0 Å². The Hall–Kier alpha value is -0.820. The molecular formula is C29H48O. The number of unbranched alkanes of at least 4 members (excludes halogenated alkanes) is 2. The molecule has 0 spiro atoms. The van der Waals surface area contributed by atoms with E-state index in [1.807, 2.05) is 0 Å². The first-order valence-corrected chi connectivity index (χ1v) is 13.1. The van der Waals surface area contributed by atoms with Gasteiger partial charge in [-0.1, -0.05) is 83.8 Å². The van der Waals surface area contributed by atoms with Gasteiger partial charge in [0.2, 0.25) is 0 Å². The fourth-order valence-electron chi connectivity index (χ4n) is 7.14. The van der Waals surface area contributed by atoms with Crippen molar-refractivity contribution in [3.8, 4) is 0 Å². The van der Waals surface area contributed by atoms with Crippen molar-refractivity contribution >= 4 is 0 Å². The van der Waals surface area contributed by atoms with Gasteiger partial charge in [-0.15, -0.1) is 0 Å². The maximum Gasteiger partial charge on any atom is 0.0639 e. The Balaban J connectivity index is 1.77. The van der Waals surface area contributed by atoms with Crippen LogP contribution in [0.1, 0.15) is 98.3 Å². The van der Waals surface area contributed by atoms with Gasteiger partial charge in [0.05, 0.1) is 6.10 Å². The van der Waals surface area contributed by atoms with Crippen molar-refractivity contribution < 1.29 is 5.11 Å². The second-order valence-electron chi connectivity index (χ2n) is 11.1. The third-order valence-electron chi connectivity index (χ3n) is 8.98. The van der Waals surface area contributed by atoms with Crippen LogP contribution in [-0.4, -0.2) is 11.2 Å². The summed E-state index contributed by atoms with van der Waals surface area (Å²) in [5.74, 6) is 4.05. The van der Waals surface area contributed by atoms with E-state index in [2.05, 4.69) is 46.9 Å². The van der Waals surface area contributed by atoms with Crippen LogP contribution >= 0.6 is 0 Å². The summed E-state index contributed by atoms with van der Waals surface area (Å²) in [6.07, 6.45) is 15.8. The van der Waals surface area contributed by atoms with Gasteiger partial charge in [0.15, 0.2) is 0 Å². The molecule has 2 fully saturated rings. The molecule has 5 unspecified atom stereocenters. The minimum atomic E-state index is -0.196. The Morgan fingerprint density at radius 1 is 1.07 bits per heavy atom. The van der Waals surface area contributed by atoms with E-state index < -0.39 is 0 Å². The maximum atomic E-state index is 11.6. The number of hydrogen-bond acceptors (Lipinski definition) is 1. The van der Waals surface area contributed by atoms with E-state index >= 15 is 0 Å². The maximum absolute atomic E-state index is 11.6. The number of aliphatic hydroxyl groups is 1. The molecule has 0 aliphatic heterocycles. The molecule has 0 heterocycles. The minimum absolute atomic E-state index is 0.196. The van der Waals surface area contributed by atoms with Crippen LogP contribution < -0.4 is 0 Å².